The number of pyridine rings is 2. The molecule has 7 nitrogen and oxygen atoms in total. The highest BCUT2D eigenvalue weighted by atomic mass is 19.4. The van der Waals surface area contributed by atoms with Crippen molar-refractivity contribution in [2.45, 2.75) is 18.4 Å². The van der Waals surface area contributed by atoms with Gasteiger partial charge in [-0.25, -0.2) is 9.18 Å². The second-order valence-corrected chi connectivity index (χ2v) is 7.80. The lowest BCUT2D eigenvalue weighted by Crippen LogP contribution is -2.30. The first-order chi connectivity index (χ1) is 18.2. The number of nitrogens with one attached hydrogen (secondary N) is 2. The van der Waals surface area contributed by atoms with E-state index in [4.69, 9.17) is 9.90 Å². The fraction of sp³-hybridized carbons (Fsp3) is 0.120. The number of hydrogen-bond acceptors (Lipinski definition) is 4. The van der Waals surface area contributed by atoms with Gasteiger partial charge in [-0.2, -0.15) is 26.3 Å². The first-order valence-corrected chi connectivity index (χ1v) is 10.7. The van der Waals surface area contributed by atoms with Crippen molar-refractivity contribution < 1.29 is 45.4 Å². The molecule has 2 aromatic carbocycles. The maximum Gasteiger partial charge on any atom is 0.490 e. The molecule has 0 bridgehead atoms. The largest absolute Gasteiger partial charge is 0.490 e. The first kappa shape index (κ1) is 28.8. The van der Waals surface area contributed by atoms with Crippen molar-refractivity contribution in [2.24, 2.45) is 0 Å². The number of carbonyl (C=O) groups is 2. The Kier molecular flexibility index (Phi) is 8.37. The quantitative estimate of drug-likeness (QED) is 0.299. The molecule has 1 unspecified atom stereocenters. The van der Waals surface area contributed by atoms with Gasteiger partial charge in [-0.1, -0.05) is 12.1 Å². The monoisotopic (exact) mass is 555 g/mol. The van der Waals surface area contributed by atoms with Crippen LogP contribution < -0.4 is 10.7 Å². The van der Waals surface area contributed by atoms with Crippen LogP contribution in [0.25, 0.3) is 10.9 Å². The van der Waals surface area contributed by atoms with Gasteiger partial charge >= 0.3 is 18.3 Å². The molecule has 0 aliphatic heterocycles. The third kappa shape index (κ3) is 7.18. The van der Waals surface area contributed by atoms with E-state index in [-0.39, 0.29) is 22.2 Å². The maximum absolute atomic E-state index is 14.5. The molecule has 0 aliphatic carbocycles. The number of benzene rings is 2. The number of carboxylic acid groups (broad SMARTS) is 1. The summed E-state index contributed by atoms with van der Waals surface area (Å²) in [5, 5.41) is 10.1. The summed E-state index contributed by atoms with van der Waals surface area (Å²) in [5.74, 6) is -4.10. The van der Waals surface area contributed by atoms with Crippen molar-refractivity contribution in [3.05, 3.63) is 111 Å². The SMILES string of the molecule is O=C(NC(c1ccc(C(F)(F)F)cc1)c1ncccc1F)c1ccc2c(=O)cc[nH]c2c1.O=C(O)C(F)(F)F. The van der Waals surface area contributed by atoms with Gasteiger partial charge in [0.05, 0.1) is 17.1 Å². The molecule has 204 valence electrons. The van der Waals surface area contributed by atoms with Gasteiger partial charge < -0.3 is 15.4 Å². The van der Waals surface area contributed by atoms with Crippen LogP contribution in [0.3, 0.4) is 0 Å². The van der Waals surface area contributed by atoms with Gasteiger partial charge in [0.15, 0.2) is 5.43 Å². The van der Waals surface area contributed by atoms with Crippen LogP contribution in [0.2, 0.25) is 0 Å². The van der Waals surface area contributed by atoms with E-state index in [2.05, 4.69) is 15.3 Å². The zero-order chi connectivity index (χ0) is 29.0. The average molecular weight is 555 g/mol. The minimum atomic E-state index is -5.08. The summed E-state index contributed by atoms with van der Waals surface area (Å²) < 4.78 is 85.0. The van der Waals surface area contributed by atoms with Crippen molar-refractivity contribution in [1.82, 2.24) is 15.3 Å². The zero-order valence-electron chi connectivity index (χ0n) is 19.3. The van der Waals surface area contributed by atoms with E-state index in [0.717, 1.165) is 18.2 Å². The minimum Gasteiger partial charge on any atom is -0.475 e. The molecule has 2 aromatic heterocycles. The fourth-order valence-electron chi connectivity index (χ4n) is 3.32. The Balaban J connectivity index is 0.000000532. The molecule has 1 atom stereocenters. The number of rotatable bonds is 4. The van der Waals surface area contributed by atoms with Gasteiger partial charge in [-0.05, 0) is 48.0 Å². The number of carboxylic acids is 1. The van der Waals surface area contributed by atoms with Gasteiger partial charge in [-0.15, -0.1) is 0 Å². The smallest absolute Gasteiger partial charge is 0.475 e. The van der Waals surface area contributed by atoms with E-state index >= 15 is 0 Å². The molecule has 0 spiro atoms. The van der Waals surface area contributed by atoms with Crippen LogP contribution in [0.1, 0.15) is 33.2 Å². The van der Waals surface area contributed by atoms with Crippen LogP contribution in [-0.2, 0) is 11.0 Å². The Hall–Kier alpha value is -4.75. The van der Waals surface area contributed by atoms with E-state index < -0.39 is 41.7 Å². The predicted octanol–water partition coefficient (Wildman–Crippen LogP) is 5.23. The Morgan fingerprint density at radius 2 is 1.59 bits per heavy atom. The van der Waals surface area contributed by atoms with Gasteiger partial charge in [0, 0.05) is 29.4 Å². The summed E-state index contributed by atoms with van der Waals surface area (Å²) >= 11 is 0. The van der Waals surface area contributed by atoms with E-state index in [1.54, 1.807) is 0 Å². The number of alkyl halides is 6. The topological polar surface area (TPSA) is 112 Å². The second-order valence-electron chi connectivity index (χ2n) is 7.80. The summed E-state index contributed by atoms with van der Waals surface area (Å²) in [5.41, 5.74) is -0.406. The summed E-state index contributed by atoms with van der Waals surface area (Å²) in [7, 11) is 0. The second kappa shape index (κ2) is 11.3. The van der Waals surface area contributed by atoms with Gasteiger partial charge in [0.1, 0.15) is 11.5 Å². The molecular weight excluding hydrogens is 539 g/mol. The Bertz CT molecular complexity index is 1550. The molecule has 0 aliphatic rings. The average Bonchev–Trinajstić information content (AvgIpc) is 2.87. The number of hydrogen-bond donors (Lipinski definition) is 3. The van der Waals surface area contributed by atoms with E-state index in [0.29, 0.717) is 10.9 Å². The number of aromatic amines is 1. The maximum atomic E-state index is 14.5. The summed E-state index contributed by atoms with van der Waals surface area (Å²) in [6.45, 7) is 0. The molecule has 0 saturated heterocycles. The highest BCUT2D eigenvalue weighted by Gasteiger charge is 2.38. The zero-order valence-corrected chi connectivity index (χ0v) is 19.3. The summed E-state index contributed by atoms with van der Waals surface area (Å²) in [4.78, 5) is 40.6. The molecule has 0 fully saturated rings. The number of amides is 1. The Labute approximate surface area is 213 Å². The van der Waals surface area contributed by atoms with Crippen molar-refractivity contribution in [3.8, 4) is 0 Å². The molecule has 4 aromatic rings. The summed E-state index contributed by atoms with van der Waals surface area (Å²) in [6.07, 6.45) is -6.85. The van der Waals surface area contributed by atoms with Crippen LogP contribution >= 0.6 is 0 Å². The van der Waals surface area contributed by atoms with Crippen LogP contribution in [0.15, 0.2) is 77.9 Å². The number of nitrogens with zero attached hydrogens (tertiary/aromatic N) is 1. The standard InChI is InChI=1S/C23H15F4N3O2.C2HF3O2/c24-17-2-1-10-29-21(17)20(13-3-6-15(7-4-13)23(25,26)27)30-22(32)14-5-8-16-18(12-14)28-11-9-19(16)31;3-2(4,5)1(6)7/h1-12,20H,(H,28,31)(H,30,32);(H,6,7). The van der Waals surface area contributed by atoms with Gasteiger partial charge in [-0.3, -0.25) is 14.6 Å². The normalized spacial score (nSPS) is 12.3. The number of aromatic nitrogens is 2. The molecule has 4 rings (SSSR count). The fourth-order valence-corrected chi connectivity index (χ4v) is 3.32. The van der Waals surface area contributed by atoms with E-state index in [1.807, 2.05) is 0 Å². The number of carbonyl (C=O) groups excluding carboxylic acids is 1. The van der Waals surface area contributed by atoms with Crippen molar-refractivity contribution in [3.63, 3.8) is 0 Å². The predicted molar refractivity (Wildman–Crippen MR) is 123 cm³/mol. The molecule has 1 amide bonds. The van der Waals surface area contributed by atoms with Crippen LogP contribution in [0.5, 0.6) is 0 Å². The number of fused-ring (bicyclic) bond motifs is 1. The van der Waals surface area contributed by atoms with Crippen LogP contribution in [0, 0.1) is 5.82 Å². The molecule has 3 N–H and O–H groups in total. The molecule has 0 radical (unpaired) electrons. The van der Waals surface area contributed by atoms with E-state index in [9.17, 15) is 40.3 Å². The number of halogens is 7. The third-order valence-electron chi connectivity index (χ3n) is 5.17. The molecule has 2 heterocycles. The molecular formula is C25H16F7N3O4. The highest BCUT2D eigenvalue weighted by molar-refractivity contribution is 5.98. The minimum absolute atomic E-state index is 0.144. The molecule has 39 heavy (non-hydrogen) atoms. The third-order valence-corrected chi connectivity index (χ3v) is 5.17. The Morgan fingerprint density at radius 3 is 2.15 bits per heavy atom. The highest BCUT2D eigenvalue weighted by Crippen LogP contribution is 2.31. The van der Waals surface area contributed by atoms with Gasteiger partial charge in [0.25, 0.3) is 5.91 Å². The van der Waals surface area contributed by atoms with Crippen molar-refractivity contribution in [1.29, 1.82) is 0 Å². The molecule has 14 heteroatoms. The Morgan fingerprint density at radius 1 is 0.949 bits per heavy atom. The van der Waals surface area contributed by atoms with E-state index in [1.165, 1.54) is 54.9 Å². The lowest BCUT2D eigenvalue weighted by atomic mass is 10.00. The van der Waals surface area contributed by atoms with Crippen molar-refractivity contribution >= 4 is 22.8 Å². The molecule has 0 saturated carbocycles. The van der Waals surface area contributed by atoms with Gasteiger partial charge in [0.2, 0.25) is 0 Å². The number of aliphatic carboxylic acids is 1. The number of H-pyrrole nitrogens is 1. The first-order valence-electron chi connectivity index (χ1n) is 10.7. The lowest BCUT2D eigenvalue weighted by Gasteiger charge is -2.20. The summed E-state index contributed by atoms with van der Waals surface area (Å²) in [6, 6.07) is 11.2. The van der Waals surface area contributed by atoms with Crippen molar-refractivity contribution in [2.75, 3.05) is 0 Å². The lowest BCUT2D eigenvalue weighted by molar-refractivity contribution is -0.192. The van der Waals surface area contributed by atoms with Crippen LogP contribution in [-0.4, -0.2) is 33.1 Å². The van der Waals surface area contributed by atoms with Crippen LogP contribution in [0.4, 0.5) is 30.7 Å².